The van der Waals surface area contributed by atoms with Crippen LogP contribution in [0, 0.1) is 11.6 Å². The molecule has 0 radical (unpaired) electrons. The van der Waals surface area contributed by atoms with Gasteiger partial charge < -0.3 is 9.88 Å². The average Bonchev–Trinajstić information content (AvgIpc) is 3.16. The number of thiophene rings is 1. The highest BCUT2D eigenvalue weighted by Crippen LogP contribution is 2.34. The van der Waals surface area contributed by atoms with Crippen molar-refractivity contribution in [2.45, 2.75) is 18.9 Å². The van der Waals surface area contributed by atoms with Gasteiger partial charge in [0.05, 0.1) is 15.9 Å². The second kappa shape index (κ2) is 5.44. The maximum absolute atomic E-state index is 13.7. The number of fused-ring (bicyclic) bond motifs is 1. The van der Waals surface area contributed by atoms with Gasteiger partial charge in [0, 0.05) is 18.2 Å². The minimum absolute atomic E-state index is 0.258. The van der Waals surface area contributed by atoms with Crippen LogP contribution in [0.4, 0.5) is 8.78 Å². The number of hydrogen-bond acceptors (Lipinski definition) is 3. The van der Waals surface area contributed by atoms with Crippen LogP contribution < -0.4 is 5.32 Å². The van der Waals surface area contributed by atoms with E-state index in [2.05, 4.69) is 14.9 Å². The van der Waals surface area contributed by atoms with E-state index in [-0.39, 0.29) is 6.04 Å². The molecule has 0 atom stereocenters. The fraction of sp³-hybridized carbons (Fsp3) is 0.312. The normalized spacial score (nSPS) is 16.5. The second-order valence-electron chi connectivity index (χ2n) is 5.52. The summed E-state index contributed by atoms with van der Waals surface area (Å²) in [5.41, 5.74) is 1.19. The molecular formula is C16H15F2N3S. The third-order valence-electron chi connectivity index (χ3n) is 4.15. The molecule has 6 heteroatoms. The Hall–Kier alpha value is -1.79. The lowest BCUT2D eigenvalue weighted by atomic mass is 10.1. The topological polar surface area (TPSA) is 29.9 Å². The van der Waals surface area contributed by atoms with Gasteiger partial charge in [-0.2, -0.15) is 0 Å². The maximum Gasteiger partial charge on any atom is 0.161 e. The molecule has 0 amide bonds. The molecule has 1 aliphatic heterocycles. The monoisotopic (exact) mass is 319 g/mol. The predicted molar refractivity (Wildman–Crippen MR) is 84.1 cm³/mol. The Kier molecular flexibility index (Phi) is 3.43. The van der Waals surface area contributed by atoms with Crippen molar-refractivity contribution in [3.63, 3.8) is 0 Å². The van der Waals surface area contributed by atoms with Gasteiger partial charge in [0.15, 0.2) is 17.5 Å². The van der Waals surface area contributed by atoms with Gasteiger partial charge in [-0.1, -0.05) is 6.07 Å². The van der Waals surface area contributed by atoms with Gasteiger partial charge in [-0.05, 0) is 37.4 Å². The van der Waals surface area contributed by atoms with Gasteiger partial charge >= 0.3 is 0 Å². The van der Waals surface area contributed by atoms with Gasteiger partial charge in [-0.25, -0.2) is 13.8 Å². The second-order valence-corrected chi connectivity index (χ2v) is 6.47. The highest BCUT2D eigenvalue weighted by atomic mass is 32.1. The fourth-order valence-corrected chi connectivity index (χ4v) is 3.81. The Balaban J connectivity index is 1.96. The molecule has 2 aromatic heterocycles. The summed E-state index contributed by atoms with van der Waals surface area (Å²) in [6.45, 7) is 1.86. The number of nitrogens with one attached hydrogen (secondary N) is 1. The van der Waals surface area contributed by atoms with Crippen LogP contribution in [0.2, 0.25) is 0 Å². The van der Waals surface area contributed by atoms with E-state index in [1.165, 1.54) is 12.1 Å². The predicted octanol–water partition coefficient (Wildman–Crippen LogP) is 3.97. The SMILES string of the molecule is Fc1cc2nc(-c3cccs3)n(C3CCNCC3)c2cc1F. The van der Waals surface area contributed by atoms with Gasteiger partial charge in [-0.15, -0.1) is 11.3 Å². The first kappa shape index (κ1) is 13.8. The number of nitrogens with zero attached hydrogens (tertiary/aromatic N) is 2. The summed E-state index contributed by atoms with van der Waals surface area (Å²) in [4.78, 5) is 5.60. The van der Waals surface area contributed by atoms with E-state index in [1.54, 1.807) is 11.3 Å². The summed E-state index contributed by atoms with van der Waals surface area (Å²) in [5.74, 6) is -0.859. The van der Waals surface area contributed by atoms with Crippen molar-refractivity contribution < 1.29 is 8.78 Å². The lowest BCUT2D eigenvalue weighted by Gasteiger charge is -2.26. The average molecular weight is 319 g/mol. The largest absolute Gasteiger partial charge is 0.320 e. The summed E-state index contributed by atoms with van der Waals surface area (Å²) in [5, 5.41) is 5.32. The van der Waals surface area contributed by atoms with Crippen LogP contribution in [0.15, 0.2) is 29.6 Å². The number of aromatic nitrogens is 2. The summed E-state index contributed by atoms with van der Waals surface area (Å²) in [7, 11) is 0. The van der Waals surface area contributed by atoms with Crippen LogP contribution >= 0.6 is 11.3 Å². The van der Waals surface area contributed by atoms with Crippen molar-refractivity contribution in [1.82, 2.24) is 14.9 Å². The zero-order valence-electron chi connectivity index (χ0n) is 11.9. The van der Waals surface area contributed by atoms with E-state index in [4.69, 9.17) is 0 Å². The molecule has 0 saturated carbocycles. The van der Waals surface area contributed by atoms with Crippen LogP contribution in [-0.2, 0) is 0 Å². The van der Waals surface area contributed by atoms with E-state index in [9.17, 15) is 8.78 Å². The van der Waals surface area contributed by atoms with Gasteiger partial charge in [0.2, 0.25) is 0 Å². The van der Waals surface area contributed by atoms with Gasteiger partial charge in [0.25, 0.3) is 0 Å². The third kappa shape index (κ3) is 2.23. The fourth-order valence-electron chi connectivity index (χ4n) is 3.10. The number of imidazole rings is 1. The highest BCUT2D eigenvalue weighted by Gasteiger charge is 2.23. The Morgan fingerprint density at radius 2 is 1.95 bits per heavy atom. The molecule has 22 heavy (non-hydrogen) atoms. The van der Waals surface area contributed by atoms with Crippen molar-refractivity contribution in [1.29, 1.82) is 0 Å². The van der Waals surface area contributed by atoms with Crippen LogP contribution in [0.3, 0.4) is 0 Å². The van der Waals surface area contributed by atoms with Crippen LogP contribution in [0.5, 0.6) is 0 Å². The molecular weight excluding hydrogens is 304 g/mol. The van der Waals surface area contributed by atoms with Crippen LogP contribution in [0.1, 0.15) is 18.9 Å². The lowest BCUT2D eigenvalue weighted by Crippen LogP contribution is -2.29. The first-order valence-corrected chi connectivity index (χ1v) is 8.23. The van der Waals surface area contributed by atoms with Gasteiger partial charge in [0.1, 0.15) is 0 Å². The molecule has 0 unspecified atom stereocenters. The van der Waals surface area contributed by atoms with E-state index >= 15 is 0 Å². The number of piperidine rings is 1. The number of benzene rings is 1. The van der Waals surface area contributed by atoms with Crippen LogP contribution in [-0.4, -0.2) is 22.6 Å². The van der Waals surface area contributed by atoms with E-state index in [1.807, 2.05) is 17.5 Å². The molecule has 3 heterocycles. The Morgan fingerprint density at radius 1 is 1.18 bits per heavy atom. The number of halogens is 2. The van der Waals surface area contributed by atoms with E-state index < -0.39 is 11.6 Å². The minimum Gasteiger partial charge on any atom is -0.320 e. The molecule has 1 saturated heterocycles. The van der Waals surface area contributed by atoms with E-state index in [0.717, 1.165) is 36.6 Å². The molecule has 114 valence electrons. The Labute approximate surface area is 130 Å². The van der Waals surface area contributed by atoms with Crippen molar-refractivity contribution >= 4 is 22.4 Å². The zero-order chi connectivity index (χ0) is 15.1. The smallest absolute Gasteiger partial charge is 0.161 e. The minimum atomic E-state index is -0.847. The third-order valence-corrected chi connectivity index (χ3v) is 5.01. The first-order valence-electron chi connectivity index (χ1n) is 7.35. The summed E-state index contributed by atoms with van der Waals surface area (Å²) in [6, 6.07) is 6.69. The molecule has 0 bridgehead atoms. The summed E-state index contributed by atoms with van der Waals surface area (Å²) in [6.07, 6.45) is 1.92. The molecule has 1 N–H and O–H groups in total. The molecule has 1 aromatic carbocycles. The zero-order valence-corrected chi connectivity index (χ0v) is 12.7. The lowest BCUT2D eigenvalue weighted by molar-refractivity contribution is 0.377. The van der Waals surface area contributed by atoms with Crippen molar-refractivity contribution in [3.8, 4) is 10.7 Å². The molecule has 0 aliphatic carbocycles. The Bertz CT molecular complexity index is 805. The number of rotatable bonds is 2. The van der Waals surface area contributed by atoms with Crippen molar-refractivity contribution in [2.24, 2.45) is 0 Å². The Morgan fingerprint density at radius 3 is 2.68 bits per heavy atom. The van der Waals surface area contributed by atoms with E-state index in [0.29, 0.717) is 11.0 Å². The van der Waals surface area contributed by atoms with Crippen molar-refractivity contribution in [3.05, 3.63) is 41.3 Å². The van der Waals surface area contributed by atoms with Crippen LogP contribution in [0.25, 0.3) is 21.7 Å². The maximum atomic E-state index is 13.7. The molecule has 3 aromatic rings. The number of hydrogen-bond donors (Lipinski definition) is 1. The molecule has 3 nitrogen and oxygen atoms in total. The highest BCUT2D eigenvalue weighted by molar-refractivity contribution is 7.13. The quantitative estimate of drug-likeness (QED) is 0.774. The van der Waals surface area contributed by atoms with Gasteiger partial charge in [-0.3, -0.25) is 0 Å². The molecule has 0 spiro atoms. The molecule has 1 fully saturated rings. The van der Waals surface area contributed by atoms with Crippen molar-refractivity contribution in [2.75, 3.05) is 13.1 Å². The summed E-state index contributed by atoms with van der Waals surface area (Å²) < 4.78 is 29.4. The first-order chi connectivity index (χ1) is 10.7. The molecule has 1 aliphatic rings. The standard InChI is InChI=1S/C16H15F2N3S/c17-11-8-13-14(9-12(11)18)21(10-3-5-19-6-4-10)16(20-13)15-2-1-7-22-15/h1-2,7-10,19H,3-6H2. The molecule has 4 rings (SSSR count). The summed E-state index contributed by atoms with van der Waals surface area (Å²) >= 11 is 1.59.